The van der Waals surface area contributed by atoms with Crippen molar-refractivity contribution in [2.45, 2.75) is 44.7 Å². The first-order chi connectivity index (χ1) is 22.8. The van der Waals surface area contributed by atoms with Gasteiger partial charge in [0.2, 0.25) is 9.84 Å². The summed E-state index contributed by atoms with van der Waals surface area (Å²) in [6.45, 7) is 8.88. The van der Waals surface area contributed by atoms with Crippen molar-refractivity contribution >= 4 is 9.84 Å². The van der Waals surface area contributed by atoms with Crippen molar-refractivity contribution < 1.29 is 22.6 Å². The summed E-state index contributed by atoms with van der Waals surface area (Å²) >= 11 is 0. The zero-order chi connectivity index (χ0) is 32.8. The van der Waals surface area contributed by atoms with Gasteiger partial charge in [0.1, 0.15) is 24.7 Å². The highest BCUT2D eigenvalue weighted by atomic mass is 32.2. The summed E-state index contributed by atoms with van der Waals surface area (Å²) in [5.74, 6) is 1.66. The highest BCUT2D eigenvalue weighted by molar-refractivity contribution is 7.90. The van der Waals surface area contributed by atoms with Crippen molar-refractivity contribution in [3.63, 3.8) is 0 Å². The van der Waals surface area contributed by atoms with Gasteiger partial charge in [0.25, 0.3) is 5.16 Å². The molecule has 1 aliphatic heterocycles. The predicted molar refractivity (Wildman–Crippen MR) is 182 cm³/mol. The first kappa shape index (κ1) is 32.4. The zero-order valence-corrected chi connectivity index (χ0v) is 27.8. The van der Waals surface area contributed by atoms with Crippen molar-refractivity contribution in [3.05, 3.63) is 119 Å². The second-order valence-electron chi connectivity index (χ2n) is 12.1. The van der Waals surface area contributed by atoms with Crippen molar-refractivity contribution in [3.8, 4) is 28.6 Å². The van der Waals surface area contributed by atoms with Gasteiger partial charge in [-0.1, -0.05) is 86.6 Å². The lowest BCUT2D eigenvalue weighted by Crippen LogP contribution is -2.35. The average molecular weight is 653 g/mol. The Morgan fingerprint density at radius 1 is 0.766 bits per heavy atom. The summed E-state index contributed by atoms with van der Waals surface area (Å²) < 4.78 is 46.1. The topological polar surface area (TPSA) is 95.8 Å². The number of sulfone groups is 1. The van der Waals surface area contributed by atoms with Gasteiger partial charge < -0.3 is 14.2 Å². The molecule has 244 valence electrons. The molecule has 1 saturated heterocycles. The van der Waals surface area contributed by atoms with Crippen molar-refractivity contribution in [1.29, 1.82) is 0 Å². The molecule has 9 nitrogen and oxygen atoms in total. The number of nitrogens with zero attached hydrogens (tertiary/aromatic N) is 4. The fourth-order valence-electron chi connectivity index (χ4n) is 5.60. The van der Waals surface area contributed by atoms with Gasteiger partial charge >= 0.3 is 0 Å². The Bertz CT molecular complexity index is 1890. The Morgan fingerprint density at radius 3 is 1.94 bits per heavy atom. The second kappa shape index (κ2) is 14.5. The van der Waals surface area contributed by atoms with Crippen LogP contribution in [0.25, 0.3) is 17.1 Å². The van der Waals surface area contributed by atoms with Crippen LogP contribution in [0.15, 0.2) is 102 Å². The van der Waals surface area contributed by atoms with Crippen molar-refractivity contribution in [1.82, 2.24) is 19.7 Å². The molecule has 4 aromatic carbocycles. The molecule has 0 radical (unpaired) electrons. The molecule has 0 saturated carbocycles. The van der Waals surface area contributed by atoms with E-state index >= 15 is 0 Å². The molecular formula is C37H40N4O5S. The van der Waals surface area contributed by atoms with Gasteiger partial charge in [0.15, 0.2) is 5.82 Å². The Kier molecular flexibility index (Phi) is 10.0. The van der Waals surface area contributed by atoms with E-state index in [4.69, 9.17) is 14.2 Å². The smallest absolute Gasteiger partial charge is 0.254 e. The van der Waals surface area contributed by atoms with E-state index in [1.165, 1.54) is 0 Å². The maximum Gasteiger partial charge on any atom is 0.254 e. The van der Waals surface area contributed by atoms with Gasteiger partial charge in [-0.3, -0.25) is 9.47 Å². The van der Waals surface area contributed by atoms with Crippen LogP contribution in [0.3, 0.4) is 0 Å². The highest BCUT2D eigenvalue weighted by Gasteiger charge is 2.27. The SMILES string of the molecule is CC(C)c1cc(-c2nnc(S(C)(=O)=O)n2-c2ccc(CN3CCOCC3)cc2)c(OCc2ccccc2)cc1OCc1ccccc1. The second-order valence-corrected chi connectivity index (χ2v) is 14.0. The molecule has 1 fully saturated rings. The number of aromatic nitrogens is 3. The molecule has 0 N–H and O–H groups in total. The summed E-state index contributed by atoms with van der Waals surface area (Å²) in [4.78, 5) is 2.34. The van der Waals surface area contributed by atoms with E-state index in [-0.39, 0.29) is 11.1 Å². The molecule has 10 heteroatoms. The van der Waals surface area contributed by atoms with Gasteiger partial charge in [-0.05, 0) is 46.4 Å². The van der Waals surface area contributed by atoms with Crippen LogP contribution in [0.4, 0.5) is 0 Å². The van der Waals surface area contributed by atoms with E-state index in [1.807, 2.05) is 97.1 Å². The molecule has 5 aromatic rings. The number of morpholine rings is 1. The van der Waals surface area contributed by atoms with Crippen LogP contribution in [-0.2, 0) is 34.3 Å². The molecule has 0 spiro atoms. The predicted octanol–water partition coefficient (Wildman–Crippen LogP) is 6.45. The molecule has 0 atom stereocenters. The van der Waals surface area contributed by atoms with Crippen molar-refractivity contribution in [2.24, 2.45) is 0 Å². The minimum Gasteiger partial charge on any atom is -0.488 e. The standard InChI is InChI=1S/C37H40N4O5S/c1-27(2)32-22-33(35(46-26-30-12-8-5-9-13-30)23-34(32)45-25-29-10-6-4-7-11-29)36-38-39-37(47(3,42)43)41(36)31-16-14-28(15-17-31)24-40-18-20-44-21-19-40/h4-17,22-23,27H,18-21,24-26H2,1-3H3. The molecule has 1 aromatic heterocycles. The molecule has 0 aliphatic carbocycles. The van der Waals surface area contributed by atoms with E-state index in [0.717, 1.165) is 61.4 Å². The number of ether oxygens (including phenoxy) is 3. The molecule has 6 rings (SSSR count). The minimum atomic E-state index is -3.74. The summed E-state index contributed by atoms with van der Waals surface area (Å²) in [5.41, 5.74) is 5.37. The quantitative estimate of drug-likeness (QED) is 0.152. The summed E-state index contributed by atoms with van der Waals surface area (Å²) in [6.07, 6.45) is 1.15. The Balaban J connectivity index is 1.43. The van der Waals surface area contributed by atoms with E-state index in [9.17, 15) is 8.42 Å². The molecule has 0 unspecified atom stereocenters. The average Bonchev–Trinajstić information content (AvgIpc) is 3.54. The minimum absolute atomic E-state index is 0.0907. The van der Waals surface area contributed by atoms with Gasteiger partial charge in [0, 0.05) is 37.6 Å². The van der Waals surface area contributed by atoms with Crippen LogP contribution < -0.4 is 9.47 Å². The summed E-state index contributed by atoms with van der Waals surface area (Å²) in [6, 6.07) is 31.7. The molecular weight excluding hydrogens is 612 g/mol. The number of hydrogen-bond donors (Lipinski definition) is 0. The van der Waals surface area contributed by atoms with Crippen LogP contribution in [-0.4, -0.2) is 60.6 Å². The third-order valence-electron chi connectivity index (χ3n) is 8.12. The zero-order valence-electron chi connectivity index (χ0n) is 27.0. The fraction of sp³-hybridized carbons (Fsp3) is 0.297. The third-order valence-corrected chi connectivity index (χ3v) is 9.05. The van der Waals surface area contributed by atoms with Crippen LogP contribution in [0.2, 0.25) is 0 Å². The molecule has 2 heterocycles. The molecule has 0 bridgehead atoms. The van der Waals surface area contributed by atoms with E-state index < -0.39 is 9.84 Å². The Hall–Kier alpha value is -4.51. The van der Waals surface area contributed by atoms with Crippen LogP contribution in [0.1, 0.15) is 42.0 Å². The molecule has 47 heavy (non-hydrogen) atoms. The Labute approximate surface area is 276 Å². The van der Waals surface area contributed by atoms with Crippen molar-refractivity contribution in [2.75, 3.05) is 32.6 Å². The highest BCUT2D eigenvalue weighted by Crippen LogP contribution is 2.40. The van der Waals surface area contributed by atoms with Gasteiger partial charge in [-0.15, -0.1) is 10.2 Å². The maximum absolute atomic E-state index is 13.1. The number of benzene rings is 4. The van der Waals surface area contributed by atoms with Gasteiger partial charge in [0.05, 0.1) is 18.8 Å². The summed E-state index contributed by atoms with van der Waals surface area (Å²) in [5, 5.41) is 8.54. The fourth-order valence-corrected chi connectivity index (χ4v) is 6.32. The lowest BCUT2D eigenvalue weighted by Gasteiger charge is -2.26. The number of rotatable bonds is 12. The van der Waals surface area contributed by atoms with Gasteiger partial charge in [-0.2, -0.15) is 0 Å². The largest absolute Gasteiger partial charge is 0.488 e. The first-order valence-electron chi connectivity index (χ1n) is 15.8. The number of hydrogen-bond acceptors (Lipinski definition) is 8. The van der Waals surface area contributed by atoms with E-state index in [2.05, 4.69) is 28.9 Å². The maximum atomic E-state index is 13.1. The third kappa shape index (κ3) is 7.90. The van der Waals surface area contributed by atoms with Crippen LogP contribution in [0, 0.1) is 0 Å². The van der Waals surface area contributed by atoms with Crippen LogP contribution in [0.5, 0.6) is 11.5 Å². The first-order valence-corrected chi connectivity index (χ1v) is 17.7. The van der Waals surface area contributed by atoms with Gasteiger partial charge in [-0.25, -0.2) is 8.42 Å². The van der Waals surface area contributed by atoms with E-state index in [0.29, 0.717) is 41.8 Å². The lowest BCUT2D eigenvalue weighted by molar-refractivity contribution is 0.0342. The molecule has 0 amide bonds. The van der Waals surface area contributed by atoms with E-state index in [1.54, 1.807) is 4.57 Å². The Morgan fingerprint density at radius 2 is 1.36 bits per heavy atom. The van der Waals surface area contributed by atoms with Crippen LogP contribution >= 0.6 is 0 Å². The molecule has 1 aliphatic rings. The lowest BCUT2D eigenvalue weighted by atomic mass is 9.98. The normalized spacial score (nSPS) is 14.0. The summed E-state index contributed by atoms with van der Waals surface area (Å²) in [7, 11) is -3.74. The monoisotopic (exact) mass is 652 g/mol.